The molecule has 3 heteroatoms. The molecule has 2 rings (SSSR count). The Labute approximate surface area is 129 Å². The molecule has 1 aromatic carbocycles. The van der Waals surface area contributed by atoms with Gasteiger partial charge in [0, 0.05) is 15.9 Å². The van der Waals surface area contributed by atoms with E-state index in [1.165, 1.54) is 12.8 Å². The highest BCUT2D eigenvalue weighted by Crippen LogP contribution is 2.27. The fourth-order valence-corrected chi connectivity index (χ4v) is 2.96. The van der Waals surface area contributed by atoms with Crippen molar-refractivity contribution in [1.82, 2.24) is 4.98 Å². The minimum absolute atomic E-state index is 0.00212. The van der Waals surface area contributed by atoms with Gasteiger partial charge in [-0.05, 0) is 47.3 Å². The van der Waals surface area contributed by atoms with Crippen LogP contribution >= 0.6 is 15.9 Å². The largest absolute Gasteiger partial charge is 0.323 e. The van der Waals surface area contributed by atoms with E-state index in [0.717, 1.165) is 40.3 Å². The molecular weight excluding hydrogens is 312 g/mol. The van der Waals surface area contributed by atoms with E-state index in [1.54, 1.807) is 0 Å². The van der Waals surface area contributed by atoms with Crippen LogP contribution in [0.4, 0.5) is 0 Å². The van der Waals surface area contributed by atoms with Crippen LogP contribution in [0.3, 0.4) is 0 Å². The summed E-state index contributed by atoms with van der Waals surface area (Å²) in [6, 6.07) is 10.2. The molecule has 0 aliphatic rings. The standard InChI is InChI=1S/C17H21BrN2/c1-2-3-4-5-6-10-15(19)17-14(18)12-13-9-7-8-11-16(13)20-17/h2,7-9,11-12,15H,1,3-6,10,19H2. The van der Waals surface area contributed by atoms with Gasteiger partial charge in [0.05, 0.1) is 11.2 Å². The molecule has 2 nitrogen and oxygen atoms in total. The highest BCUT2D eigenvalue weighted by atomic mass is 79.9. The Bertz CT molecular complexity index is 580. The number of benzene rings is 1. The van der Waals surface area contributed by atoms with Gasteiger partial charge in [0.15, 0.2) is 0 Å². The first kappa shape index (κ1) is 15.2. The van der Waals surface area contributed by atoms with Crippen LogP contribution in [0, 0.1) is 0 Å². The molecule has 0 radical (unpaired) electrons. The van der Waals surface area contributed by atoms with Crippen molar-refractivity contribution in [2.75, 3.05) is 0 Å². The molecule has 1 atom stereocenters. The minimum atomic E-state index is -0.00212. The summed E-state index contributed by atoms with van der Waals surface area (Å²) in [5, 5.41) is 1.14. The highest BCUT2D eigenvalue weighted by Gasteiger charge is 2.12. The van der Waals surface area contributed by atoms with E-state index in [4.69, 9.17) is 10.7 Å². The molecule has 2 aromatic rings. The van der Waals surface area contributed by atoms with Crippen molar-refractivity contribution in [3.05, 3.63) is 53.2 Å². The summed E-state index contributed by atoms with van der Waals surface area (Å²) in [6.07, 6.45) is 7.57. The minimum Gasteiger partial charge on any atom is -0.323 e. The molecule has 1 unspecified atom stereocenters. The van der Waals surface area contributed by atoms with E-state index in [-0.39, 0.29) is 6.04 Å². The number of nitrogens with two attached hydrogens (primary N) is 1. The average molecular weight is 333 g/mol. The summed E-state index contributed by atoms with van der Waals surface area (Å²) in [4.78, 5) is 4.70. The van der Waals surface area contributed by atoms with Crippen molar-refractivity contribution < 1.29 is 0 Å². The zero-order valence-electron chi connectivity index (χ0n) is 11.7. The number of fused-ring (bicyclic) bond motifs is 1. The third-order valence-corrected chi connectivity index (χ3v) is 4.11. The maximum absolute atomic E-state index is 6.29. The van der Waals surface area contributed by atoms with Crippen LogP contribution in [0.15, 0.2) is 47.5 Å². The van der Waals surface area contributed by atoms with Crippen LogP contribution in [0.1, 0.15) is 43.8 Å². The van der Waals surface area contributed by atoms with Crippen LogP contribution in [-0.4, -0.2) is 4.98 Å². The van der Waals surface area contributed by atoms with E-state index >= 15 is 0 Å². The van der Waals surface area contributed by atoms with E-state index in [9.17, 15) is 0 Å². The van der Waals surface area contributed by atoms with E-state index in [1.807, 2.05) is 24.3 Å². The van der Waals surface area contributed by atoms with Crippen LogP contribution in [0.2, 0.25) is 0 Å². The lowest BCUT2D eigenvalue weighted by atomic mass is 10.0. The molecule has 0 fully saturated rings. The summed E-state index contributed by atoms with van der Waals surface area (Å²) in [5.74, 6) is 0. The van der Waals surface area contributed by atoms with Crippen molar-refractivity contribution >= 4 is 26.8 Å². The number of nitrogens with zero attached hydrogens (tertiary/aromatic N) is 1. The number of unbranched alkanes of at least 4 members (excludes halogenated alkanes) is 3. The second-order valence-electron chi connectivity index (χ2n) is 5.08. The van der Waals surface area contributed by atoms with Gasteiger partial charge >= 0.3 is 0 Å². The number of hydrogen-bond donors (Lipinski definition) is 1. The Morgan fingerprint density at radius 3 is 2.85 bits per heavy atom. The maximum atomic E-state index is 6.29. The van der Waals surface area contributed by atoms with Crippen molar-refractivity contribution in [2.24, 2.45) is 5.73 Å². The van der Waals surface area contributed by atoms with Crippen LogP contribution in [0.5, 0.6) is 0 Å². The second kappa shape index (κ2) is 7.55. The molecule has 20 heavy (non-hydrogen) atoms. The topological polar surface area (TPSA) is 38.9 Å². The third-order valence-electron chi connectivity index (χ3n) is 3.48. The molecule has 1 aromatic heterocycles. The Morgan fingerprint density at radius 1 is 1.25 bits per heavy atom. The van der Waals surface area contributed by atoms with Gasteiger partial charge < -0.3 is 5.73 Å². The zero-order chi connectivity index (χ0) is 14.4. The highest BCUT2D eigenvalue weighted by molar-refractivity contribution is 9.10. The van der Waals surface area contributed by atoms with Gasteiger partial charge in [-0.2, -0.15) is 0 Å². The van der Waals surface area contributed by atoms with Gasteiger partial charge in [0.1, 0.15) is 0 Å². The first-order valence-corrected chi connectivity index (χ1v) is 7.93. The SMILES string of the molecule is C=CCCCCCC(N)c1nc2ccccc2cc1Br. The van der Waals surface area contributed by atoms with Gasteiger partial charge in [0.2, 0.25) is 0 Å². The summed E-state index contributed by atoms with van der Waals surface area (Å²) >= 11 is 3.60. The number of allylic oxidation sites excluding steroid dienone is 1. The van der Waals surface area contributed by atoms with Crippen LogP contribution < -0.4 is 5.73 Å². The van der Waals surface area contributed by atoms with Crippen molar-refractivity contribution in [3.8, 4) is 0 Å². The first-order valence-electron chi connectivity index (χ1n) is 7.14. The number of aromatic nitrogens is 1. The van der Waals surface area contributed by atoms with E-state index < -0.39 is 0 Å². The predicted octanol–water partition coefficient (Wildman–Crippen LogP) is 5.13. The summed E-state index contributed by atoms with van der Waals surface area (Å²) in [5.41, 5.74) is 8.26. The molecule has 0 aliphatic carbocycles. The fraction of sp³-hybridized carbons (Fsp3) is 0.353. The Balaban J connectivity index is 2.03. The predicted molar refractivity (Wildman–Crippen MR) is 89.7 cm³/mol. The zero-order valence-corrected chi connectivity index (χ0v) is 13.3. The number of para-hydroxylation sites is 1. The normalized spacial score (nSPS) is 12.5. The van der Waals surface area contributed by atoms with Gasteiger partial charge in [-0.25, -0.2) is 4.98 Å². The average Bonchev–Trinajstić information content (AvgIpc) is 2.46. The molecule has 0 saturated heterocycles. The van der Waals surface area contributed by atoms with Crippen molar-refractivity contribution in [1.29, 1.82) is 0 Å². The lowest BCUT2D eigenvalue weighted by Crippen LogP contribution is -2.13. The van der Waals surface area contributed by atoms with Crippen LogP contribution in [-0.2, 0) is 0 Å². The summed E-state index contributed by atoms with van der Waals surface area (Å²) < 4.78 is 1.01. The molecule has 0 amide bonds. The summed E-state index contributed by atoms with van der Waals surface area (Å²) in [6.45, 7) is 3.74. The fourth-order valence-electron chi connectivity index (χ4n) is 2.33. The second-order valence-corrected chi connectivity index (χ2v) is 5.94. The lowest BCUT2D eigenvalue weighted by molar-refractivity contribution is 0.562. The first-order chi connectivity index (χ1) is 9.72. The molecule has 0 saturated carbocycles. The van der Waals surface area contributed by atoms with Gasteiger partial charge in [-0.1, -0.05) is 37.1 Å². The number of pyridine rings is 1. The van der Waals surface area contributed by atoms with Crippen molar-refractivity contribution in [3.63, 3.8) is 0 Å². The molecule has 2 N–H and O–H groups in total. The van der Waals surface area contributed by atoms with Crippen molar-refractivity contribution in [2.45, 2.75) is 38.1 Å². The third kappa shape index (κ3) is 3.90. The lowest BCUT2D eigenvalue weighted by Gasteiger charge is -2.13. The molecule has 106 valence electrons. The molecule has 0 spiro atoms. The summed E-state index contributed by atoms with van der Waals surface area (Å²) in [7, 11) is 0. The molecule has 1 heterocycles. The van der Waals surface area contributed by atoms with E-state index in [0.29, 0.717) is 0 Å². The smallest absolute Gasteiger partial charge is 0.0720 e. The molecular formula is C17H21BrN2. The molecule has 0 aliphatic heterocycles. The number of rotatable bonds is 7. The van der Waals surface area contributed by atoms with Gasteiger partial charge in [-0.3, -0.25) is 0 Å². The van der Waals surface area contributed by atoms with E-state index in [2.05, 4.69) is 34.6 Å². The Morgan fingerprint density at radius 2 is 2.05 bits per heavy atom. The number of hydrogen-bond acceptors (Lipinski definition) is 2. The monoisotopic (exact) mass is 332 g/mol. The Kier molecular flexibility index (Phi) is 5.74. The van der Waals surface area contributed by atoms with Gasteiger partial charge in [0.25, 0.3) is 0 Å². The van der Waals surface area contributed by atoms with Gasteiger partial charge in [-0.15, -0.1) is 6.58 Å². The maximum Gasteiger partial charge on any atom is 0.0720 e. The van der Waals surface area contributed by atoms with Crippen LogP contribution in [0.25, 0.3) is 10.9 Å². The quantitative estimate of drug-likeness (QED) is 0.563. The molecule has 0 bridgehead atoms. The number of halogens is 1. The Hall–Kier alpha value is -1.19.